The summed E-state index contributed by atoms with van der Waals surface area (Å²) in [6.45, 7) is 0.373. The predicted molar refractivity (Wildman–Crippen MR) is 59.0 cm³/mol. The van der Waals surface area contributed by atoms with Crippen molar-refractivity contribution in [3.63, 3.8) is 0 Å². The Morgan fingerprint density at radius 2 is 2.27 bits per heavy atom. The third-order valence-corrected chi connectivity index (χ3v) is 3.00. The third-order valence-electron chi connectivity index (χ3n) is 2.36. The quantitative estimate of drug-likeness (QED) is 0.845. The summed E-state index contributed by atoms with van der Waals surface area (Å²) in [5.74, 6) is -0.542. The largest absolute Gasteiger partial charge is 0.326 e. The van der Waals surface area contributed by atoms with Gasteiger partial charge in [0.1, 0.15) is 5.82 Å². The maximum atomic E-state index is 13.5. The molecule has 2 N–H and O–H groups in total. The Labute approximate surface area is 95.2 Å². The summed E-state index contributed by atoms with van der Waals surface area (Å²) in [4.78, 5) is 12.9. The van der Waals surface area contributed by atoms with Crippen LogP contribution in [0.15, 0.2) is 22.7 Å². The number of amides is 1. The van der Waals surface area contributed by atoms with Crippen LogP contribution in [0.4, 0.5) is 10.1 Å². The first-order valence-electron chi connectivity index (χ1n) is 4.59. The lowest BCUT2D eigenvalue weighted by atomic mass is 10.3. The smallest absolute Gasteiger partial charge is 0.228 e. The Balaban J connectivity index is 2.41. The van der Waals surface area contributed by atoms with Gasteiger partial charge >= 0.3 is 0 Å². The number of anilines is 1. The zero-order valence-electron chi connectivity index (χ0n) is 7.91. The van der Waals surface area contributed by atoms with E-state index in [0.29, 0.717) is 11.0 Å². The van der Waals surface area contributed by atoms with E-state index in [1.807, 2.05) is 0 Å². The van der Waals surface area contributed by atoms with Crippen LogP contribution < -0.4 is 10.6 Å². The lowest BCUT2D eigenvalue weighted by Crippen LogP contribution is -2.29. The van der Waals surface area contributed by atoms with Gasteiger partial charge in [0, 0.05) is 23.5 Å². The molecule has 1 aromatic rings. The Morgan fingerprint density at radius 3 is 2.80 bits per heavy atom. The van der Waals surface area contributed by atoms with Gasteiger partial charge in [0.2, 0.25) is 5.91 Å². The van der Waals surface area contributed by atoms with Crippen LogP contribution in [0.25, 0.3) is 0 Å². The topological polar surface area (TPSA) is 46.3 Å². The van der Waals surface area contributed by atoms with Crippen molar-refractivity contribution >= 4 is 27.5 Å². The molecule has 0 aliphatic carbocycles. The molecular formula is C10H10BrFN2O. The first kappa shape index (κ1) is 10.6. The number of carbonyl (C=O) groups is 1. The maximum Gasteiger partial charge on any atom is 0.228 e. The van der Waals surface area contributed by atoms with Gasteiger partial charge in [-0.3, -0.25) is 4.79 Å². The van der Waals surface area contributed by atoms with Gasteiger partial charge in [0.15, 0.2) is 0 Å². The first-order chi connectivity index (χ1) is 7.09. The molecule has 0 saturated carbocycles. The van der Waals surface area contributed by atoms with Crippen LogP contribution in [-0.2, 0) is 4.79 Å². The normalized spacial score (nSPS) is 21.1. The molecule has 0 aromatic heterocycles. The maximum absolute atomic E-state index is 13.5. The van der Waals surface area contributed by atoms with Gasteiger partial charge in [0.05, 0.1) is 5.69 Å². The minimum absolute atomic E-state index is 0.131. The average molecular weight is 273 g/mol. The highest BCUT2D eigenvalue weighted by Gasteiger charge is 2.30. The number of rotatable bonds is 1. The standard InChI is InChI=1S/C10H10BrFN2O/c11-7-2-1-3-8(12)10(7)14-5-6(13)4-9(14)15/h1-3,6H,4-5,13H2. The van der Waals surface area contributed by atoms with Crippen molar-refractivity contribution in [2.75, 3.05) is 11.4 Å². The highest BCUT2D eigenvalue weighted by molar-refractivity contribution is 9.10. The van der Waals surface area contributed by atoms with Gasteiger partial charge in [-0.15, -0.1) is 0 Å². The van der Waals surface area contributed by atoms with Crippen molar-refractivity contribution in [3.05, 3.63) is 28.5 Å². The van der Waals surface area contributed by atoms with Crippen LogP contribution in [-0.4, -0.2) is 18.5 Å². The van der Waals surface area contributed by atoms with E-state index in [4.69, 9.17) is 5.73 Å². The third kappa shape index (κ3) is 1.89. The van der Waals surface area contributed by atoms with Crippen LogP contribution in [0, 0.1) is 5.82 Å². The van der Waals surface area contributed by atoms with Crippen LogP contribution in [0.3, 0.4) is 0 Å². The molecule has 2 rings (SSSR count). The highest BCUT2D eigenvalue weighted by atomic mass is 79.9. The molecule has 1 aliphatic heterocycles. The number of halogens is 2. The summed E-state index contributed by atoms with van der Waals surface area (Å²) in [5.41, 5.74) is 5.94. The summed E-state index contributed by atoms with van der Waals surface area (Å²) < 4.78 is 14.1. The van der Waals surface area contributed by atoms with Crippen LogP contribution in [0.2, 0.25) is 0 Å². The molecule has 0 spiro atoms. The Hall–Kier alpha value is -0.940. The summed E-state index contributed by atoms with van der Waals surface area (Å²) >= 11 is 3.23. The van der Waals surface area contributed by atoms with E-state index in [2.05, 4.69) is 15.9 Å². The van der Waals surface area contributed by atoms with E-state index in [-0.39, 0.29) is 24.1 Å². The number of carbonyl (C=O) groups excluding carboxylic acids is 1. The van der Waals surface area contributed by atoms with Crippen LogP contribution in [0.5, 0.6) is 0 Å². The van der Waals surface area contributed by atoms with Crippen molar-refractivity contribution in [2.24, 2.45) is 5.73 Å². The monoisotopic (exact) mass is 272 g/mol. The van der Waals surface area contributed by atoms with Crippen molar-refractivity contribution in [1.82, 2.24) is 0 Å². The fourth-order valence-electron chi connectivity index (χ4n) is 1.70. The zero-order valence-corrected chi connectivity index (χ0v) is 9.50. The molecular weight excluding hydrogens is 263 g/mol. The first-order valence-corrected chi connectivity index (χ1v) is 5.39. The summed E-state index contributed by atoms with van der Waals surface area (Å²) in [5, 5.41) is 0. The predicted octanol–water partition coefficient (Wildman–Crippen LogP) is 1.65. The molecule has 5 heteroatoms. The van der Waals surface area contributed by atoms with Crippen LogP contribution in [0.1, 0.15) is 6.42 Å². The minimum Gasteiger partial charge on any atom is -0.326 e. The Bertz CT molecular complexity index is 390. The zero-order chi connectivity index (χ0) is 11.0. The lowest BCUT2D eigenvalue weighted by Gasteiger charge is -2.18. The van der Waals surface area contributed by atoms with Gasteiger partial charge in [-0.05, 0) is 28.1 Å². The minimum atomic E-state index is -0.410. The molecule has 1 aromatic carbocycles. The second kappa shape index (κ2) is 3.90. The second-order valence-corrected chi connectivity index (χ2v) is 4.39. The summed E-state index contributed by atoms with van der Waals surface area (Å²) in [6.07, 6.45) is 0.279. The number of hydrogen-bond acceptors (Lipinski definition) is 2. The van der Waals surface area contributed by atoms with Gasteiger partial charge < -0.3 is 10.6 Å². The van der Waals surface area contributed by atoms with Gasteiger partial charge in [0.25, 0.3) is 0 Å². The number of benzene rings is 1. The molecule has 1 unspecified atom stereocenters. The van der Waals surface area contributed by atoms with E-state index in [9.17, 15) is 9.18 Å². The van der Waals surface area contributed by atoms with Gasteiger partial charge in [-0.1, -0.05) is 6.07 Å². The molecule has 1 saturated heterocycles. The van der Waals surface area contributed by atoms with Gasteiger partial charge in [-0.25, -0.2) is 4.39 Å². The highest BCUT2D eigenvalue weighted by Crippen LogP contribution is 2.31. The number of nitrogens with two attached hydrogens (primary N) is 1. The molecule has 1 amide bonds. The van der Waals surface area contributed by atoms with E-state index < -0.39 is 5.82 Å². The van der Waals surface area contributed by atoms with E-state index in [1.165, 1.54) is 11.0 Å². The van der Waals surface area contributed by atoms with Crippen molar-refractivity contribution in [2.45, 2.75) is 12.5 Å². The molecule has 0 bridgehead atoms. The number of para-hydroxylation sites is 1. The van der Waals surface area contributed by atoms with Gasteiger partial charge in [-0.2, -0.15) is 0 Å². The molecule has 1 fully saturated rings. The van der Waals surface area contributed by atoms with E-state index in [0.717, 1.165) is 0 Å². The summed E-state index contributed by atoms with van der Waals surface area (Å²) in [6, 6.07) is 4.42. The van der Waals surface area contributed by atoms with Crippen molar-refractivity contribution in [3.8, 4) is 0 Å². The number of nitrogens with zero attached hydrogens (tertiary/aromatic N) is 1. The average Bonchev–Trinajstić information content (AvgIpc) is 2.45. The lowest BCUT2D eigenvalue weighted by molar-refractivity contribution is -0.117. The SMILES string of the molecule is NC1CC(=O)N(c2c(F)cccc2Br)C1. The molecule has 0 radical (unpaired) electrons. The molecule has 80 valence electrons. The van der Waals surface area contributed by atoms with E-state index >= 15 is 0 Å². The molecule has 1 heterocycles. The van der Waals surface area contributed by atoms with Crippen molar-refractivity contribution < 1.29 is 9.18 Å². The van der Waals surface area contributed by atoms with Crippen molar-refractivity contribution in [1.29, 1.82) is 0 Å². The Kier molecular flexibility index (Phi) is 2.75. The molecule has 1 atom stereocenters. The molecule has 3 nitrogen and oxygen atoms in total. The van der Waals surface area contributed by atoms with E-state index in [1.54, 1.807) is 12.1 Å². The molecule has 15 heavy (non-hydrogen) atoms. The fourth-order valence-corrected chi connectivity index (χ4v) is 2.25. The Morgan fingerprint density at radius 1 is 1.53 bits per heavy atom. The number of hydrogen-bond donors (Lipinski definition) is 1. The summed E-state index contributed by atoms with van der Waals surface area (Å²) in [7, 11) is 0. The fraction of sp³-hybridized carbons (Fsp3) is 0.300. The second-order valence-electron chi connectivity index (χ2n) is 3.54. The molecule has 1 aliphatic rings. The van der Waals surface area contributed by atoms with Crippen LogP contribution >= 0.6 is 15.9 Å².